The Morgan fingerprint density at radius 1 is 1.12 bits per heavy atom. The quantitative estimate of drug-likeness (QED) is 0.660. The number of benzene rings is 1. The number of carbonyl (C=O) groups is 3. The van der Waals surface area contributed by atoms with Gasteiger partial charge in [0, 0.05) is 18.7 Å². The van der Waals surface area contributed by atoms with Crippen LogP contribution in [0.5, 0.6) is 0 Å². The molecule has 7 nitrogen and oxygen atoms in total. The van der Waals surface area contributed by atoms with Crippen LogP contribution in [0.1, 0.15) is 31.7 Å². The van der Waals surface area contributed by atoms with Crippen molar-refractivity contribution in [1.82, 2.24) is 16.0 Å². The van der Waals surface area contributed by atoms with Crippen molar-refractivity contribution in [2.45, 2.75) is 50.7 Å². The average Bonchev–Trinajstić information content (AvgIpc) is 2.88. The van der Waals surface area contributed by atoms with Crippen molar-refractivity contribution >= 4 is 23.5 Å². The lowest BCUT2D eigenvalue weighted by molar-refractivity contribution is -0.121. The second kappa shape index (κ2) is 6.90. The van der Waals surface area contributed by atoms with Gasteiger partial charge < -0.3 is 21.3 Å². The van der Waals surface area contributed by atoms with E-state index >= 15 is 0 Å². The number of carbonyl (C=O) groups excluding carboxylic acids is 3. The van der Waals surface area contributed by atoms with Crippen molar-refractivity contribution < 1.29 is 14.4 Å². The van der Waals surface area contributed by atoms with Crippen molar-refractivity contribution in [3.8, 4) is 0 Å². The number of fused-ring (bicyclic) bond motifs is 1. The summed E-state index contributed by atoms with van der Waals surface area (Å²) in [5.41, 5.74) is 1.61. The minimum Gasteiger partial charge on any atom is -0.353 e. The third-order valence-corrected chi connectivity index (χ3v) is 4.49. The predicted molar refractivity (Wildman–Crippen MR) is 89.5 cm³/mol. The van der Waals surface area contributed by atoms with Crippen molar-refractivity contribution in [3.05, 3.63) is 29.8 Å². The zero-order valence-electron chi connectivity index (χ0n) is 13.6. The second-order valence-corrected chi connectivity index (χ2v) is 6.46. The largest absolute Gasteiger partial charge is 0.353 e. The molecule has 24 heavy (non-hydrogen) atoms. The molecular weight excluding hydrogens is 308 g/mol. The highest BCUT2D eigenvalue weighted by Gasteiger charge is 2.37. The maximum atomic E-state index is 12.2. The van der Waals surface area contributed by atoms with Crippen molar-refractivity contribution in [1.29, 1.82) is 0 Å². The molecule has 3 rings (SSSR count). The van der Waals surface area contributed by atoms with Crippen LogP contribution in [0.2, 0.25) is 0 Å². The SMILES string of the molecule is CC(=O)Nc1ccc(CC(=O)NC2CCC3NC(=O)NC3C2)cc1. The second-order valence-electron chi connectivity index (χ2n) is 6.46. The fraction of sp³-hybridized carbons (Fsp3) is 0.471. The molecule has 1 aliphatic carbocycles. The number of nitrogens with one attached hydrogen (secondary N) is 4. The van der Waals surface area contributed by atoms with Crippen LogP contribution >= 0.6 is 0 Å². The van der Waals surface area contributed by atoms with Crippen LogP contribution in [0, 0.1) is 0 Å². The van der Waals surface area contributed by atoms with Gasteiger partial charge in [-0.15, -0.1) is 0 Å². The fourth-order valence-electron chi connectivity index (χ4n) is 3.39. The number of hydrogen-bond donors (Lipinski definition) is 4. The van der Waals surface area contributed by atoms with E-state index < -0.39 is 0 Å². The van der Waals surface area contributed by atoms with Gasteiger partial charge in [0.2, 0.25) is 11.8 Å². The molecule has 4 amide bonds. The Hall–Kier alpha value is -2.57. The molecule has 1 heterocycles. The molecule has 2 fully saturated rings. The van der Waals surface area contributed by atoms with Gasteiger partial charge in [-0.05, 0) is 37.0 Å². The molecule has 0 spiro atoms. The average molecular weight is 330 g/mol. The van der Waals surface area contributed by atoms with Gasteiger partial charge in [-0.25, -0.2) is 4.79 Å². The summed E-state index contributed by atoms with van der Waals surface area (Å²) in [5.74, 6) is -0.146. The van der Waals surface area contributed by atoms with E-state index in [1.54, 1.807) is 12.1 Å². The summed E-state index contributed by atoms with van der Waals surface area (Å²) in [6.07, 6.45) is 2.81. The van der Waals surface area contributed by atoms with Gasteiger partial charge in [0.25, 0.3) is 0 Å². The lowest BCUT2D eigenvalue weighted by atomic mass is 9.88. The summed E-state index contributed by atoms with van der Waals surface area (Å²) in [6.45, 7) is 1.46. The van der Waals surface area contributed by atoms with E-state index in [9.17, 15) is 14.4 Å². The van der Waals surface area contributed by atoms with Crippen LogP contribution in [0.15, 0.2) is 24.3 Å². The van der Waals surface area contributed by atoms with Gasteiger partial charge in [-0.2, -0.15) is 0 Å². The Balaban J connectivity index is 1.49. The zero-order chi connectivity index (χ0) is 17.1. The van der Waals surface area contributed by atoms with E-state index in [1.807, 2.05) is 12.1 Å². The van der Waals surface area contributed by atoms with Crippen molar-refractivity contribution in [2.24, 2.45) is 0 Å². The molecule has 0 radical (unpaired) electrons. The molecular formula is C17H22N4O3. The van der Waals surface area contributed by atoms with Gasteiger partial charge in [-0.1, -0.05) is 12.1 Å². The summed E-state index contributed by atoms with van der Waals surface area (Å²) in [7, 11) is 0. The van der Waals surface area contributed by atoms with Gasteiger partial charge >= 0.3 is 6.03 Å². The molecule has 1 aromatic rings. The molecule has 1 aromatic carbocycles. The molecule has 0 bridgehead atoms. The molecule has 1 aliphatic heterocycles. The van der Waals surface area contributed by atoms with E-state index in [0.717, 1.165) is 30.5 Å². The molecule has 4 N–H and O–H groups in total. The molecule has 0 aromatic heterocycles. The van der Waals surface area contributed by atoms with Gasteiger partial charge in [0.1, 0.15) is 0 Å². The summed E-state index contributed by atoms with van der Waals surface area (Å²) in [4.78, 5) is 34.5. The Bertz CT molecular complexity index is 644. The molecule has 3 unspecified atom stereocenters. The molecule has 2 aliphatic rings. The maximum absolute atomic E-state index is 12.2. The number of anilines is 1. The van der Waals surface area contributed by atoms with E-state index in [4.69, 9.17) is 0 Å². The zero-order valence-corrected chi connectivity index (χ0v) is 13.6. The summed E-state index contributed by atoms with van der Waals surface area (Å²) in [5, 5.41) is 11.5. The van der Waals surface area contributed by atoms with Crippen LogP contribution in [0.4, 0.5) is 10.5 Å². The van der Waals surface area contributed by atoms with E-state index in [1.165, 1.54) is 6.92 Å². The first-order chi connectivity index (χ1) is 11.5. The Kier molecular flexibility index (Phi) is 4.69. The smallest absolute Gasteiger partial charge is 0.315 e. The molecule has 128 valence electrons. The minimum atomic E-state index is -0.121. The Morgan fingerprint density at radius 2 is 1.83 bits per heavy atom. The summed E-state index contributed by atoms with van der Waals surface area (Å²) in [6, 6.07) is 7.52. The first kappa shape index (κ1) is 16.3. The van der Waals surface area contributed by atoms with Crippen molar-refractivity contribution in [3.63, 3.8) is 0 Å². The van der Waals surface area contributed by atoms with E-state index in [0.29, 0.717) is 6.42 Å². The van der Waals surface area contributed by atoms with Crippen LogP contribution in [-0.4, -0.2) is 36.0 Å². The van der Waals surface area contributed by atoms with Crippen LogP contribution in [0.3, 0.4) is 0 Å². The standard InChI is InChI=1S/C17H22N4O3/c1-10(22)18-12-4-2-11(3-5-12)8-16(23)19-13-6-7-14-15(9-13)21-17(24)20-14/h2-5,13-15H,6-9H2,1H3,(H,18,22)(H,19,23)(H2,20,21,24). The number of hydrogen-bond acceptors (Lipinski definition) is 3. The minimum absolute atomic E-state index is 0.0250. The number of urea groups is 1. The highest BCUT2D eigenvalue weighted by Crippen LogP contribution is 2.22. The van der Waals surface area contributed by atoms with Gasteiger partial charge in [0.05, 0.1) is 18.5 Å². The van der Waals surface area contributed by atoms with E-state index in [2.05, 4.69) is 21.3 Å². The highest BCUT2D eigenvalue weighted by atomic mass is 16.2. The topological polar surface area (TPSA) is 99.3 Å². The van der Waals surface area contributed by atoms with Crippen LogP contribution in [0.25, 0.3) is 0 Å². The first-order valence-corrected chi connectivity index (χ1v) is 8.22. The lowest BCUT2D eigenvalue weighted by Crippen LogP contribution is -2.48. The maximum Gasteiger partial charge on any atom is 0.315 e. The molecule has 1 saturated heterocycles. The van der Waals surface area contributed by atoms with Crippen LogP contribution < -0.4 is 21.3 Å². The predicted octanol–water partition coefficient (Wildman–Crippen LogP) is 0.906. The third-order valence-electron chi connectivity index (χ3n) is 4.49. The first-order valence-electron chi connectivity index (χ1n) is 8.22. The Morgan fingerprint density at radius 3 is 2.54 bits per heavy atom. The fourth-order valence-corrected chi connectivity index (χ4v) is 3.39. The molecule has 1 saturated carbocycles. The summed E-state index contributed by atoms with van der Waals surface area (Å²) >= 11 is 0. The van der Waals surface area contributed by atoms with Gasteiger partial charge in [0.15, 0.2) is 0 Å². The number of rotatable bonds is 4. The highest BCUT2D eigenvalue weighted by molar-refractivity contribution is 5.88. The van der Waals surface area contributed by atoms with Crippen LogP contribution in [-0.2, 0) is 16.0 Å². The monoisotopic (exact) mass is 330 g/mol. The van der Waals surface area contributed by atoms with E-state index in [-0.39, 0.29) is 36.0 Å². The lowest BCUT2D eigenvalue weighted by Gasteiger charge is -2.31. The molecule has 7 heteroatoms. The Labute approximate surface area is 140 Å². The summed E-state index contributed by atoms with van der Waals surface area (Å²) < 4.78 is 0. The number of amides is 4. The van der Waals surface area contributed by atoms with Crippen molar-refractivity contribution in [2.75, 3.05) is 5.32 Å². The molecule has 3 atom stereocenters. The third kappa shape index (κ3) is 4.04. The van der Waals surface area contributed by atoms with Gasteiger partial charge in [-0.3, -0.25) is 9.59 Å². The normalized spacial score (nSPS) is 25.2.